The summed E-state index contributed by atoms with van der Waals surface area (Å²) in [5.41, 5.74) is 9.12. The number of aliphatic imine (C=N–C) groups is 1. The van der Waals surface area contributed by atoms with Gasteiger partial charge in [-0.2, -0.15) is 0 Å². The molecule has 10 heteroatoms. The topological polar surface area (TPSA) is 78.8 Å². The Labute approximate surface area is 221 Å². The van der Waals surface area contributed by atoms with Crippen molar-refractivity contribution in [1.29, 1.82) is 0 Å². The van der Waals surface area contributed by atoms with Crippen LogP contribution in [0.2, 0.25) is 0 Å². The molecule has 0 bridgehead atoms. The fraction of sp³-hybridized carbons (Fsp3) is 0.464. The number of aryl methyl sites for hydroxylation is 1. The highest BCUT2D eigenvalue weighted by Gasteiger charge is 2.28. The predicted molar refractivity (Wildman–Crippen MR) is 147 cm³/mol. The molecule has 0 atom stereocenters. The van der Waals surface area contributed by atoms with Gasteiger partial charge in [0.05, 0.1) is 36.0 Å². The number of imidazole rings is 1. The Morgan fingerprint density at radius 1 is 1.05 bits per heavy atom. The Bertz CT molecular complexity index is 1430. The minimum absolute atomic E-state index is 0.0140. The van der Waals surface area contributed by atoms with Gasteiger partial charge in [-0.05, 0) is 51.7 Å². The summed E-state index contributed by atoms with van der Waals surface area (Å²) >= 11 is 0. The summed E-state index contributed by atoms with van der Waals surface area (Å²) in [5, 5.41) is 0. The van der Waals surface area contributed by atoms with Gasteiger partial charge in [-0.15, -0.1) is 0 Å². The number of rotatable bonds is 6. The maximum atomic E-state index is 15.2. The van der Waals surface area contributed by atoms with E-state index in [9.17, 15) is 0 Å². The Kier molecular flexibility index (Phi) is 6.29. The molecule has 1 aromatic carbocycles. The van der Waals surface area contributed by atoms with Gasteiger partial charge in [0.25, 0.3) is 0 Å². The second-order valence-corrected chi connectivity index (χ2v) is 10.9. The van der Waals surface area contributed by atoms with Crippen molar-refractivity contribution in [2.45, 2.75) is 39.7 Å². The highest BCUT2D eigenvalue weighted by molar-refractivity contribution is 5.98. The molecule has 200 valence electrons. The van der Waals surface area contributed by atoms with Gasteiger partial charge in [-0.25, -0.2) is 23.7 Å². The van der Waals surface area contributed by atoms with Crippen LogP contribution in [-0.4, -0.2) is 69.9 Å². The van der Waals surface area contributed by atoms with Gasteiger partial charge in [0, 0.05) is 56.1 Å². The zero-order chi connectivity index (χ0) is 26.6. The normalized spacial score (nSPS) is 18.6. The van der Waals surface area contributed by atoms with Gasteiger partial charge in [0.2, 0.25) is 0 Å². The second-order valence-electron chi connectivity index (χ2n) is 10.9. The molecule has 1 saturated heterocycles. The van der Waals surface area contributed by atoms with Crippen molar-refractivity contribution in [2.24, 2.45) is 10.9 Å². The van der Waals surface area contributed by atoms with E-state index in [0.29, 0.717) is 29.4 Å². The molecule has 1 aliphatic carbocycles. The number of fused-ring (bicyclic) bond motifs is 1. The number of anilines is 2. The lowest BCUT2D eigenvalue weighted by Gasteiger charge is -2.39. The lowest BCUT2D eigenvalue weighted by Crippen LogP contribution is -2.48. The molecular weight excluding hydrogens is 486 g/mol. The number of piperazine rings is 1. The summed E-state index contributed by atoms with van der Waals surface area (Å²) < 4.78 is 32.2. The second kappa shape index (κ2) is 9.65. The number of hydrogen-bond acceptors (Lipinski definition) is 7. The Hall–Kier alpha value is -3.53. The van der Waals surface area contributed by atoms with Gasteiger partial charge >= 0.3 is 0 Å². The molecule has 38 heavy (non-hydrogen) atoms. The van der Waals surface area contributed by atoms with Gasteiger partial charge in [-0.1, -0.05) is 0 Å². The van der Waals surface area contributed by atoms with E-state index in [4.69, 9.17) is 5.73 Å². The number of nitrogens with zero attached hydrogens (tertiary/aromatic N) is 7. The van der Waals surface area contributed by atoms with E-state index in [1.54, 1.807) is 12.4 Å². The molecule has 2 N–H and O–H groups in total. The monoisotopic (exact) mass is 520 g/mol. The molecule has 8 nitrogen and oxygen atoms in total. The van der Waals surface area contributed by atoms with Crippen LogP contribution in [0.15, 0.2) is 35.2 Å². The first-order valence-corrected chi connectivity index (χ1v) is 13.4. The van der Waals surface area contributed by atoms with Crippen molar-refractivity contribution in [3.8, 4) is 11.1 Å². The van der Waals surface area contributed by atoms with Crippen LogP contribution in [0.1, 0.15) is 38.6 Å². The molecule has 0 unspecified atom stereocenters. The standard InChI is InChI=1S/C28H34F2N8/c1-17(2)38-18(3)34-27-23(29)10-22(26(31)28(27)38)21-11-25(33-13-24(21)30)37-15-20(12-32-16-37)36-8-6-35(7-9-36)14-19-4-5-19/h10-13,16-17,19H,4-9,14-15,31H2,1-3H3. The molecule has 0 amide bonds. The van der Waals surface area contributed by atoms with Crippen molar-refractivity contribution in [3.05, 3.63) is 47.7 Å². The Morgan fingerprint density at radius 2 is 1.82 bits per heavy atom. The van der Waals surface area contributed by atoms with Crippen molar-refractivity contribution < 1.29 is 8.78 Å². The molecule has 2 fully saturated rings. The molecule has 0 spiro atoms. The van der Waals surface area contributed by atoms with Crippen LogP contribution in [0.4, 0.5) is 20.3 Å². The highest BCUT2D eigenvalue weighted by Crippen LogP contribution is 2.38. The SMILES string of the molecule is Cc1nc2c(F)cc(-c3cc(N4C=NC=C(N5CCN(CC6CC6)CC5)C4)ncc3F)c(N)c2n1C(C)C. The summed E-state index contributed by atoms with van der Waals surface area (Å²) in [5.74, 6) is 0.980. The molecule has 0 radical (unpaired) electrons. The molecule has 2 aliphatic heterocycles. The predicted octanol–water partition coefficient (Wildman–Crippen LogP) is 4.57. The summed E-state index contributed by atoms with van der Waals surface area (Å²) in [6, 6.07) is 2.91. The Morgan fingerprint density at radius 3 is 2.53 bits per heavy atom. The van der Waals surface area contributed by atoms with Crippen molar-refractivity contribution in [3.63, 3.8) is 0 Å². The summed E-state index contributed by atoms with van der Waals surface area (Å²) in [4.78, 5) is 20.0. The summed E-state index contributed by atoms with van der Waals surface area (Å²) in [6.07, 6.45) is 7.50. The van der Waals surface area contributed by atoms with E-state index in [-0.39, 0.29) is 22.7 Å². The zero-order valence-electron chi connectivity index (χ0n) is 22.2. The number of nitrogen functional groups attached to an aromatic ring is 1. The van der Waals surface area contributed by atoms with Crippen molar-refractivity contribution in [2.75, 3.05) is 49.9 Å². The van der Waals surface area contributed by atoms with Crippen LogP contribution in [0.3, 0.4) is 0 Å². The molecule has 2 aromatic heterocycles. The van der Waals surface area contributed by atoms with E-state index < -0.39 is 11.6 Å². The van der Waals surface area contributed by atoms with Crippen molar-refractivity contribution in [1.82, 2.24) is 24.3 Å². The first kappa shape index (κ1) is 24.8. The third-order valence-electron chi connectivity index (χ3n) is 7.83. The molecule has 1 saturated carbocycles. The maximum Gasteiger partial charge on any atom is 0.151 e. The van der Waals surface area contributed by atoms with E-state index in [1.165, 1.54) is 31.6 Å². The Balaban J connectivity index is 1.27. The molecule has 6 rings (SSSR count). The van der Waals surface area contributed by atoms with E-state index in [2.05, 4.69) is 24.8 Å². The number of pyridine rings is 1. The van der Waals surface area contributed by atoms with E-state index in [0.717, 1.165) is 37.8 Å². The van der Waals surface area contributed by atoms with E-state index >= 15 is 8.78 Å². The zero-order valence-corrected chi connectivity index (χ0v) is 22.2. The number of halogens is 2. The fourth-order valence-corrected chi connectivity index (χ4v) is 5.68. The third kappa shape index (κ3) is 4.51. The first-order valence-electron chi connectivity index (χ1n) is 13.4. The largest absolute Gasteiger partial charge is 0.396 e. The highest BCUT2D eigenvalue weighted by atomic mass is 19.1. The average Bonchev–Trinajstić information content (AvgIpc) is 3.65. The smallest absolute Gasteiger partial charge is 0.151 e. The molecule has 4 heterocycles. The minimum Gasteiger partial charge on any atom is -0.396 e. The third-order valence-corrected chi connectivity index (χ3v) is 7.83. The molecular formula is C28H34F2N8. The quantitative estimate of drug-likeness (QED) is 0.480. The van der Waals surface area contributed by atoms with Gasteiger partial charge in [0.15, 0.2) is 5.82 Å². The maximum absolute atomic E-state index is 15.2. The van der Waals surface area contributed by atoms with Crippen LogP contribution in [0, 0.1) is 24.5 Å². The lowest BCUT2D eigenvalue weighted by molar-refractivity contribution is 0.152. The minimum atomic E-state index is -0.567. The van der Waals surface area contributed by atoms with Crippen molar-refractivity contribution >= 4 is 28.9 Å². The van der Waals surface area contributed by atoms with Gasteiger partial charge < -0.3 is 20.1 Å². The summed E-state index contributed by atoms with van der Waals surface area (Å²) in [7, 11) is 0. The van der Waals surface area contributed by atoms with Crippen LogP contribution in [-0.2, 0) is 0 Å². The van der Waals surface area contributed by atoms with Crippen LogP contribution < -0.4 is 10.6 Å². The van der Waals surface area contributed by atoms with Crippen LogP contribution in [0.5, 0.6) is 0 Å². The van der Waals surface area contributed by atoms with Gasteiger partial charge in [-0.3, -0.25) is 4.90 Å². The number of hydrogen-bond donors (Lipinski definition) is 1. The van der Waals surface area contributed by atoms with Crippen LogP contribution in [0.25, 0.3) is 22.2 Å². The summed E-state index contributed by atoms with van der Waals surface area (Å²) in [6.45, 7) is 11.6. The first-order chi connectivity index (χ1) is 18.3. The lowest BCUT2D eigenvalue weighted by atomic mass is 10.0. The number of nitrogens with two attached hydrogens (primary N) is 1. The van der Waals surface area contributed by atoms with Crippen LogP contribution >= 0.6 is 0 Å². The fourth-order valence-electron chi connectivity index (χ4n) is 5.68. The number of aromatic nitrogens is 3. The molecule has 3 aliphatic rings. The van der Waals surface area contributed by atoms with Gasteiger partial charge in [0.1, 0.15) is 23.0 Å². The number of benzene rings is 1. The molecule has 3 aromatic rings. The van der Waals surface area contributed by atoms with E-state index in [1.807, 2.05) is 36.4 Å². The average molecular weight is 521 g/mol.